The highest BCUT2D eigenvalue weighted by atomic mass is 16.5. The van der Waals surface area contributed by atoms with Gasteiger partial charge in [-0.05, 0) is 29.7 Å². The third kappa shape index (κ3) is 4.48. The Labute approximate surface area is 130 Å². The molecule has 22 heavy (non-hydrogen) atoms. The Morgan fingerprint density at radius 3 is 2.27 bits per heavy atom. The normalized spacial score (nSPS) is 10.7. The summed E-state index contributed by atoms with van der Waals surface area (Å²) in [7, 11) is 1.60. The second-order valence-electron chi connectivity index (χ2n) is 5.19. The third-order valence-corrected chi connectivity index (χ3v) is 3.51. The van der Waals surface area contributed by atoms with Crippen molar-refractivity contribution in [2.24, 2.45) is 5.92 Å². The first-order chi connectivity index (χ1) is 10.8. The van der Waals surface area contributed by atoms with Gasteiger partial charge >= 0.3 is 0 Å². The van der Waals surface area contributed by atoms with Crippen LogP contribution in [-0.4, -0.2) is 30.5 Å². The van der Waals surface area contributed by atoms with Crippen molar-refractivity contribution in [1.82, 2.24) is 0 Å². The Morgan fingerprint density at radius 2 is 1.64 bits per heavy atom. The molecule has 0 atom stereocenters. The third-order valence-electron chi connectivity index (χ3n) is 3.51. The van der Waals surface area contributed by atoms with E-state index in [2.05, 4.69) is 0 Å². The molecule has 0 unspecified atom stereocenters. The van der Waals surface area contributed by atoms with Crippen LogP contribution in [0.3, 0.4) is 0 Å². The fourth-order valence-corrected chi connectivity index (χ4v) is 2.21. The molecular formula is C18H22O4. The second kappa shape index (κ2) is 8.41. The molecule has 0 heterocycles. The first-order valence-corrected chi connectivity index (χ1v) is 7.32. The van der Waals surface area contributed by atoms with Crippen molar-refractivity contribution in [2.75, 3.05) is 20.3 Å². The summed E-state index contributed by atoms with van der Waals surface area (Å²) in [6.45, 7) is 0.405. The summed E-state index contributed by atoms with van der Waals surface area (Å²) < 4.78 is 11.2. The Kier molecular flexibility index (Phi) is 6.25. The molecule has 0 amide bonds. The van der Waals surface area contributed by atoms with E-state index in [9.17, 15) is 0 Å². The zero-order valence-electron chi connectivity index (χ0n) is 12.7. The van der Waals surface area contributed by atoms with Crippen molar-refractivity contribution in [3.63, 3.8) is 0 Å². The summed E-state index contributed by atoms with van der Waals surface area (Å²) in [5.41, 5.74) is 2.09. The van der Waals surface area contributed by atoms with Gasteiger partial charge in [0.25, 0.3) is 0 Å². The smallest absolute Gasteiger partial charge is 0.161 e. The van der Waals surface area contributed by atoms with Gasteiger partial charge in [0.15, 0.2) is 11.5 Å². The Morgan fingerprint density at radius 1 is 0.909 bits per heavy atom. The van der Waals surface area contributed by atoms with Crippen LogP contribution in [0, 0.1) is 5.92 Å². The molecule has 0 aromatic heterocycles. The molecule has 0 saturated heterocycles. The number of benzene rings is 2. The number of aliphatic hydroxyl groups excluding tert-OH is 2. The summed E-state index contributed by atoms with van der Waals surface area (Å²) in [6.07, 6.45) is 0.600. The lowest BCUT2D eigenvalue weighted by Crippen LogP contribution is -2.14. The first kappa shape index (κ1) is 16.3. The molecule has 4 heteroatoms. The maximum absolute atomic E-state index is 9.16. The summed E-state index contributed by atoms with van der Waals surface area (Å²) >= 11 is 0. The number of methoxy groups -OCH3 is 1. The number of hydrogen-bond donors (Lipinski definition) is 2. The quantitative estimate of drug-likeness (QED) is 0.735. The molecule has 0 radical (unpaired) electrons. The fraction of sp³-hybridized carbons (Fsp3) is 0.333. The molecule has 0 bridgehead atoms. The molecule has 2 N–H and O–H groups in total. The van der Waals surface area contributed by atoms with Gasteiger partial charge in [-0.3, -0.25) is 0 Å². The predicted octanol–water partition coefficient (Wildman–Crippen LogP) is 2.42. The highest BCUT2D eigenvalue weighted by Gasteiger charge is 2.11. The van der Waals surface area contributed by atoms with E-state index in [1.165, 1.54) is 0 Å². The van der Waals surface area contributed by atoms with Crippen LogP contribution in [0.2, 0.25) is 0 Å². The van der Waals surface area contributed by atoms with Crippen molar-refractivity contribution in [1.29, 1.82) is 0 Å². The largest absolute Gasteiger partial charge is 0.493 e. The van der Waals surface area contributed by atoms with Gasteiger partial charge in [-0.1, -0.05) is 36.4 Å². The Hall–Kier alpha value is -2.04. The van der Waals surface area contributed by atoms with Crippen LogP contribution in [0.4, 0.5) is 0 Å². The predicted molar refractivity (Wildman–Crippen MR) is 85.1 cm³/mol. The number of hydrogen-bond acceptors (Lipinski definition) is 4. The average molecular weight is 303 g/mol. The van der Waals surface area contributed by atoms with E-state index in [0.29, 0.717) is 24.5 Å². The number of aliphatic hydroxyl groups is 2. The van der Waals surface area contributed by atoms with Gasteiger partial charge in [0.2, 0.25) is 0 Å². The topological polar surface area (TPSA) is 58.9 Å². The first-order valence-electron chi connectivity index (χ1n) is 7.32. The van der Waals surface area contributed by atoms with Gasteiger partial charge in [-0.2, -0.15) is 0 Å². The van der Waals surface area contributed by atoms with Crippen molar-refractivity contribution in [2.45, 2.75) is 13.0 Å². The van der Waals surface area contributed by atoms with Crippen molar-refractivity contribution >= 4 is 0 Å². The molecule has 4 nitrogen and oxygen atoms in total. The molecule has 0 fully saturated rings. The summed E-state index contributed by atoms with van der Waals surface area (Å²) in [6, 6.07) is 15.6. The molecule has 0 aliphatic rings. The van der Waals surface area contributed by atoms with E-state index in [-0.39, 0.29) is 19.1 Å². The van der Waals surface area contributed by atoms with E-state index in [1.54, 1.807) is 7.11 Å². The summed E-state index contributed by atoms with van der Waals surface area (Å²) in [5, 5.41) is 18.3. The van der Waals surface area contributed by atoms with Gasteiger partial charge in [0, 0.05) is 19.1 Å². The zero-order valence-corrected chi connectivity index (χ0v) is 12.7. The lowest BCUT2D eigenvalue weighted by atomic mass is 10.1. The Balaban J connectivity index is 2.05. The highest BCUT2D eigenvalue weighted by Crippen LogP contribution is 2.29. The van der Waals surface area contributed by atoms with Gasteiger partial charge in [0.1, 0.15) is 6.61 Å². The monoisotopic (exact) mass is 303 g/mol. The van der Waals surface area contributed by atoms with Crippen LogP contribution in [0.5, 0.6) is 11.5 Å². The maximum Gasteiger partial charge on any atom is 0.161 e. The van der Waals surface area contributed by atoms with Crippen molar-refractivity contribution < 1.29 is 19.7 Å². The summed E-state index contributed by atoms with van der Waals surface area (Å²) in [4.78, 5) is 0. The summed E-state index contributed by atoms with van der Waals surface area (Å²) in [5.74, 6) is 1.18. The molecule has 0 aliphatic heterocycles. The molecule has 2 aromatic carbocycles. The zero-order chi connectivity index (χ0) is 15.8. The SMILES string of the molecule is COc1cc([13CH2]C(CO)CO)ccc1OCc1ccccc1. The van der Waals surface area contributed by atoms with E-state index >= 15 is 0 Å². The standard InChI is InChI=1S/C18H22O4/c1-21-18-10-15(9-16(11-19)12-20)7-8-17(18)22-13-14-5-3-2-4-6-14/h2-8,10,16,19-20H,9,11-13H2,1H3/i9+1. The van der Waals surface area contributed by atoms with E-state index in [1.807, 2.05) is 48.5 Å². The van der Waals surface area contributed by atoms with E-state index in [0.717, 1.165) is 11.1 Å². The molecule has 0 aliphatic carbocycles. The van der Waals surface area contributed by atoms with E-state index in [4.69, 9.17) is 19.7 Å². The fourth-order valence-electron chi connectivity index (χ4n) is 2.21. The maximum atomic E-state index is 9.16. The van der Waals surface area contributed by atoms with Crippen LogP contribution < -0.4 is 9.47 Å². The molecule has 0 saturated carbocycles. The lowest BCUT2D eigenvalue weighted by molar-refractivity contribution is 0.150. The minimum absolute atomic E-state index is 0.0366. The molecule has 118 valence electrons. The van der Waals surface area contributed by atoms with Crippen molar-refractivity contribution in [3.8, 4) is 11.5 Å². The minimum Gasteiger partial charge on any atom is -0.493 e. The van der Waals surface area contributed by atoms with Gasteiger partial charge < -0.3 is 19.7 Å². The molecule has 2 rings (SSSR count). The second-order valence-corrected chi connectivity index (χ2v) is 5.19. The molecule has 0 spiro atoms. The highest BCUT2D eigenvalue weighted by molar-refractivity contribution is 5.43. The van der Waals surface area contributed by atoms with Crippen LogP contribution >= 0.6 is 0 Å². The lowest BCUT2D eigenvalue weighted by Gasteiger charge is -2.14. The van der Waals surface area contributed by atoms with Crippen LogP contribution in [-0.2, 0) is 13.0 Å². The van der Waals surface area contributed by atoms with E-state index < -0.39 is 0 Å². The van der Waals surface area contributed by atoms with Gasteiger partial charge in [0.05, 0.1) is 7.11 Å². The molecule has 2 aromatic rings. The molecular weight excluding hydrogens is 281 g/mol. The van der Waals surface area contributed by atoms with Crippen molar-refractivity contribution in [3.05, 3.63) is 59.7 Å². The van der Waals surface area contributed by atoms with Gasteiger partial charge in [-0.25, -0.2) is 0 Å². The van der Waals surface area contributed by atoms with Crippen LogP contribution in [0.25, 0.3) is 0 Å². The number of rotatable bonds is 8. The van der Waals surface area contributed by atoms with Crippen LogP contribution in [0.1, 0.15) is 11.1 Å². The van der Waals surface area contributed by atoms with Crippen LogP contribution in [0.15, 0.2) is 48.5 Å². The average Bonchev–Trinajstić information content (AvgIpc) is 2.59. The number of ether oxygens (including phenoxy) is 2. The Bertz CT molecular complexity index is 565. The minimum atomic E-state index is -0.152. The van der Waals surface area contributed by atoms with Gasteiger partial charge in [-0.15, -0.1) is 0 Å².